The quantitative estimate of drug-likeness (QED) is 0.332. The fourth-order valence-electron chi connectivity index (χ4n) is 2.95. The average Bonchev–Trinajstić information content (AvgIpc) is 2.39. The van der Waals surface area contributed by atoms with Crippen molar-refractivity contribution in [2.75, 3.05) is 0 Å². The Morgan fingerprint density at radius 2 is 1.43 bits per heavy atom. The van der Waals surface area contributed by atoms with Crippen LogP contribution in [0.3, 0.4) is 0 Å². The number of carbonyl (C=O) groups is 2. The molecule has 0 radical (unpaired) electrons. The first-order chi connectivity index (χ1) is 10.5. The van der Waals surface area contributed by atoms with Gasteiger partial charge in [0.2, 0.25) is 0 Å². The molecule has 0 fully saturated rings. The third-order valence-corrected chi connectivity index (χ3v) is 4.41. The maximum absolute atomic E-state index is 12.6. The van der Waals surface area contributed by atoms with E-state index in [1.165, 1.54) is 6.42 Å². The Bertz CT molecular complexity index is 374. The van der Waals surface area contributed by atoms with Crippen LogP contribution < -0.4 is 0 Å². The first-order valence-electron chi connectivity index (χ1n) is 8.98. The van der Waals surface area contributed by atoms with Gasteiger partial charge in [-0.15, -0.1) is 0 Å². The van der Waals surface area contributed by atoms with E-state index in [0.717, 1.165) is 19.3 Å². The smallest absolute Gasteiger partial charge is 0.324 e. The van der Waals surface area contributed by atoms with Gasteiger partial charge in [-0.25, -0.2) is 0 Å². The van der Waals surface area contributed by atoms with E-state index in [0.29, 0.717) is 12.3 Å². The van der Waals surface area contributed by atoms with Crippen molar-refractivity contribution < 1.29 is 19.4 Å². The number of ether oxygens (including phenoxy) is 1. The molecule has 136 valence electrons. The van der Waals surface area contributed by atoms with Crippen molar-refractivity contribution in [2.24, 2.45) is 23.2 Å². The van der Waals surface area contributed by atoms with Gasteiger partial charge in [0.25, 0.3) is 0 Å². The van der Waals surface area contributed by atoms with Crippen molar-refractivity contribution in [3.05, 3.63) is 0 Å². The zero-order valence-electron chi connectivity index (χ0n) is 16.0. The lowest BCUT2D eigenvalue weighted by atomic mass is 9.71. The summed E-state index contributed by atoms with van der Waals surface area (Å²) < 4.78 is 5.53. The molecule has 0 aliphatic carbocycles. The lowest BCUT2D eigenvalue weighted by Crippen LogP contribution is -2.47. The molecule has 0 aromatic rings. The van der Waals surface area contributed by atoms with Gasteiger partial charge < -0.3 is 9.84 Å². The molecule has 0 spiro atoms. The maximum Gasteiger partial charge on any atom is 0.324 e. The van der Waals surface area contributed by atoms with E-state index in [9.17, 15) is 14.7 Å². The molecule has 0 heterocycles. The van der Waals surface area contributed by atoms with Gasteiger partial charge in [0, 0.05) is 0 Å². The summed E-state index contributed by atoms with van der Waals surface area (Å²) in [6, 6.07) is 0. The van der Waals surface area contributed by atoms with Crippen molar-refractivity contribution in [2.45, 2.75) is 86.7 Å². The molecular formula is C19H36O4. The van der Waals surface area contributed by atoms with Crippen LogP contribution >= 0.6 is 0 Å². The second-order valence-corrected chi connectivity index (χ2v) is 7.92. The minimum atomic E-state index is -1.44. The van der Waals surface area contributed by atoms with Crippen LogP contribution in [-0.2, 0) is 14.3 Å². The molecule has 0 aliphatic rings. The van der Waals surface area contributed by atoms with E-state index in [1.54, 1.807) is 13.8 Å². The van der Waals surface area contributed by atoms with Crippen molar-refractivity contribution in [3.8, 4) is 0 Å². The number of hydrogen-bond acceptors (Lipinski definition) is 3. The lowest BCUT2D eigenvalue weighted by molar-refractivity contribution is -0.177. The zero-order valence-corrected chi connectivity index (χ0v) is 16.0. The monoisotopic (exact) mass is 328 g/mol. The summed E-state index contributed by atoms with van der Waals surface area (Å²) in [5.74, 6) is -1.16. The number of esters is 1. The average molecular weight is 328 g/mol. The minimum Gasteiger partial charge on any atom is -0.480 e. The van der Waals surface area contributed by atoms with Crippen LogP contribution in [0.2, 0.25) is 0 Å². The number of carbonyl (C=O) groups excluding carboxylic acids is 1. The van der Waals surface area contributed by atoms with Crippen LogP contribution in [0, 0.1) is 23.2 Å². The summed E-state index contributed by atoms with van der Waals surface area (Å²) in [7, 11) is 0. The van der Waals surface area contributed by atoms with Crippen LogP contribution in [0.1, 0.15) is 80.6 Å². The van der Waals surface area contributed by atoms with Crippen molar-refractivity contribution in [1.29, 1.82) is 0 Å². The second-order valence-electron chi connectivity index (χ2n) is 7.92. The highest BCUT2D eigenvalue weighted by Gasteiger charge is 2.51. The number of carboxylic acid groups (broad SMARTS) is 1. The molecule has 0 saturated carbocycles. The number of rotatable bonds is 11. The molecule has 4 heteroatoms. The molecule has 2 unspecified atom stereocenters. The number of hydrogen-bond donors (Lipinski definition) is 1. The summed E-state index contributed by atoms with van der Waals surface area (Å²) in [5, 5.41) is 9.70. The standard InChI is InChI=1S/C19H36O4/c1-13(2)10-8-9-11-16(7)23-18(22)19(15(5)6,17(20)21)12-14(3)4/h13-16H,8-12H2,1-7H3,(H,20,21). The van der Waals surface area contributed by atoms with Crippen molar-refractivity contribution >= 4 is 11.9 Å². The van der Waals surface area contributed by atoms with Gasteiger partial charge in [0.15, 0.2) is 5.41 Å². The summed E-state index contributed by atoms with van der Waals surface area (Å²) in [6.45, 7) is 13.7. The normalized spacial score (nSPS) is 15.7. The van der Waals surface area contributed by atoms with E-state index < -0.39 is 17.4 Å². The molecule has 0 saturated heterocycles. The van der Waals surface area contributed by atoms with Gasteiger partial charge in [-0.2, -0.15) is 0 Å². The van der Waals surface area contributed by atoms with Gasteiger partial charge in [0.1, 0.15) is 0 Å². The summed E-state index contributed by atoms with van der Waals surface area (Å²) in [5.41, 5.74) is -1.44. The molecular weight excluding hydrogens is 292 g/mol. The summed E-state index contributed by atoms with van der Waals surface area (Å²) >= 11 is 0. The molecule has 1 N–H and O–H groups in total. The molecule has 0 aromatic heterocycles. The Morgan fingerprint density at radius 1 is 0.913 bits per heavy atom. The number of aliphatic carboxylic acids is 1. The highest BCUT2D eigenvalue weighted by molar-refractivity contribution is 5.99. The number of carboxylic acids is 1. The predicted molar refractivity (Wildman–Crippen MR) is 93.2 cm³/mol. The molecule has 0 aromatic carbocycles. The van der Waals surface area contributed by atoms with E-state index in [4.69, 9.17) is 4.74 Å². The SMILES string of the molecule is CC(C)CCCCC(C)OC(=O)C(CC(C)C)(C(=O)O)C(C)C. The van der Waals surface area contributed by atoms with Gasteiger partial charge in [-0.05, 0) is 43.9 Å². The predicted octanol–water partition coefficient (Wildman–Crippen LogP) is 4.91. The molecule has 0 amide bonds. The molecule has 23 heavy (non-hydrogen) atoms. The molecule has 4 nitrogen and oxygen atoms in total. The lowest BCUT2D eigenvalue weighted by Gasteiger charge is -2.33. The Morgan fingerprint density at radius 3 is 1.83 bits per heavy atom. The first kappa shape index (κ1) is 21.9. The third kappa shape index (κ3) is 6.92. The highest BCUT2D eigenvalue weighted by atomic mass is 16.5. The van der Waals surface area contributed by atoms with Crippen LogP contribution in [0.15, 0.2) is 0 Å². The Balaban J connectivity index is 4.80. The Kier molecular flexibility index (Phi) is 9.48. The summed E-state index contributed by atoms with van der Waals surface area (Å²) in [4.78, 5) is 24.5. The highest BCUT2D eigenvalue weighted by Crippen LogP contribution is 2.37. The van der Waals surface area contributed by atoms with E-state index in [2.05, 4.69) is 13.8 Å². The van der Waals surface area contributed by atoms with Gasteiger partial charge in [0.05, 0.1) is 6.10 Å². The Labute approximate surface area is 142 Å². The number of unbranched alkanes of at least 4 members (excludes halogenated alkanes) is 1. The summed E-state index contributed by atoms with van der Waals surface area (Å²) in [6.07, 6.45) is 4.13. The third-order valence-electron chi connectivity index (χ3n) is 4.41. The second kappa shape index (κ2) is 9.94. The van der Waals surface area contributed by atoms with Crippen LogP contribution in [0.25, 0.3) is 0 Å². The fourth-order valence-corrected chi connectivity index (χ4v) is 2.95. The molecule has 0 rings (SSSR count). The first-order valence-corrected chi connectivity index (χ1v) is 8.98. The van der Waals surface area contributed by atoms with Gasteiger partial charge in [-0.3, -0.25) is 9.59 Å². The fraction of sp³-hybridized carbons (Fsp3) is 0.895. The zero-order chi connectivity index (χ0) is 18.2. The molecule has 2 atom stereocenters. The minimum absolute atomic E-state index is 0.113. The maximum atomic E-state index is 12.6. The largest absolute Gasteiger partial charge is 0.480 e. The van der Waals surface area contributed by atoms with Crippen LogP contribution in [0.4, 0.5) is 0 Å². The van der Waals surface area contributed by atoms with Crippen LogP contribution in [-0.4, -0.2) is 23.1 Å². The van der Waals surface area contributed by atoms with Crippen LogP contribution in [0.5, 0.6) is 0 Å². The topological polar surface area (TPSA) is 63.6 Å². The van der Waals surface area contributed by atoms with E-state index in [1.807, 2.05) is 20.8 Å². The molecule has 0 bridgehead atoms. The van der Waals surface area contributed by atoms with Gasteiger partial charge in [-0.1, -0.05) is 54.4 Å². The Hall–Kier alpha value is -1.06. The van der Waals surface area contributed by atoms with Gasteiger partial charge >= 0.3 is 11.9 Å². The molecule has 0 aliphatic heterocycles. The van der Waals surface area contributed by atoms with Crippen molar-refractivity contribution in [1.82, 2.24) is 0 Å². The van der Waals surface area contributed by atoms with Crippen molar-refractivity contribution in [3.63, 3.8) is 0 Å². The van der Waals surface area contributed by atoms with E-state index >= 15 is 0 Å². The van der Waals surface area contributed by atoms with E-state index in [-0.39, 0.29) is 17.9 Å².